The van der Waals surface area contributed by atoms with E-state index in [2.05, 4.69) is 34.6 Å². The normalized spacial score (nSPS) is 14.0. The van der Waals surface area contributed by atoms with Gasteiger partial charge in [0.2, 0.25) is 0 Å². The van der Waals surface area contributed by atoms with E-state index in [1.165, 1.54) is 205 Å². The number of aliphatic hydroxyl groups excluding tert-OH is 1. The van der Waals surface area contributed by atoms with Crippen molar-refractivity contribution in [3.8, 4) is 0 Å². The predicted octanol–water partition coefficient (Wildman–Crippen LogP) is 21.3. The molecule has 0 aromatic carbocycles. The maximum Gasteiger partial charge on any atom is 0.472 e. The molecule has 546 valence electrons. The van der Waals surface area contributed by atoms with Crippen LogP contribution in [0.2, 0.25) is 0 Å². The molecule has 0 aromatic heterocycles. The number of carbonyl (C=O) groups is 4. The lowest BCUT2D eigenvalue weighted by Crippen LogP contribution is -2.30. The molecule has 0 heterocycles. The molecule has 0 aromatic rings. The molecule has 0 fully saturated rings. The molecule has 17 nitrogen and oxygen atoms in total. The van der Waals surface area contributed by atoms with Gasteiger partial charge in [0, 0.05) is 25.7 Å². The third-order valence-electron chi connectivity index (χ3n) is 17.0. The molecule has 0 radical (unpaired) electrons. The van der Waals surface area contributed by atoms with Crippen LogP contribution in [0.15, 0.2) is 0 Å². The minimum Gasteiger partial charge on any atom is -0.462 e. The summed E-state index contributed by atoms with van der Waals surface area (Å²) in [7, 11) is -9.90. The SMILES string of the molecule is CCCCCCCCCCCCCCCCCCCC(=O)O[C@H](COC(=O)CCCCCCCCCCCCCCCCC)COP(=O)(O)OC[C@@H](O)COP(=O)(O)OC[C@@H](COC(=O)CCCCCCCCCCC)OC(=O)CCCCCCCCCCC(C)C. The highest BCUT2D eigenvalue weighted by atomic mass is 31.2. The highest BCUT2D eigenvalue weighted by Gasteiger charge is 2.30. The van der Waals surface area contributed by atoms with Crippen molar-refractivity contribution >= 4 is 39.5 Å². The Bertz CT molecular complexity index is 1770. The fourth-order valence-electron chi connectivity index (χ4n) is 11.2. The summed E-state index contributed by atoms with van der Waals surface area (Å²) in [6.07, 6.45) is 54.1. The van der Waals surface area contributed by atoms with Gasteiger partial charge in [-0.2, -0.15) is 0 Å². The van der Waals surface area contributed by atoms with Crippen molar-refractivity contribution in [1.29, 1.82) is 0 Å². The molecule has 0 aliphatic rings. The van der Waals surface area contributed by atoms with E-state index in [1.807, 2.05) is 0 Å². The van der Waals surface area contributed by atoms with E-state index in [0.29, 0.717) is 25.7 Å². The van der Waals surface area contributed by atoms with Crippen molar-refractivity contribution in [3.05, 3.63) is 0 Å². The summed E-state index contributed by atoms with van der Waals surface area (Å²) in [6, 6.07) is 0. The minimum absolute atomic E-state index is 0.105. The van der Waals surface area contributed by atoms with E-state index in [9.17, 15) is 43.2 Å². The highest BCUT2D eigenvalue weighted by molar-refractivity contribution is 7.47. The third kappa shape index (κ3) is 66.7. The number of aliphatic hydroxyl groups is 1. The maximum absolute atomic E-state index is 13.1. The average molecular weight is 1350 g/mol. The van der Waals surface area contributed by atoms with E-state index in [4.69, 9.17) is 37.0 Å². The molecule has 0 aliphatic carbocycles. The molecule has 92 heavy (non-hydrogen) atoms. The molecule has 0 saturated carbocycles. The second kappa shape index (κ2) is 66.3. The first-order valence-electron chi connectivity index (χ1n) is 38.1. The largest absolute Gasteiger partial charge is 0.472 e. The summed E-state index contributed by atoms with van der Waals surface area (Å²) in [4.78, 5) is 72.6. The lowest BCUT2D eigenvalue weighted by atomic mass is 10.0. The lowest BCUT2D eigenvalue weighted by molar-refractivity contribution is -0.161. The smallest absolute Gasteiger partial charge is 0.462 e. The monoisotopic (exact) mass is 1350 g/mol. The molecule has 0 rings (SSSR count). The first kappa shape index (κ1) is 90.1. The molecule has 0 saturated heterocycles. The van der Waals surface area contributed by atoms with Crippen LogP contribution < -0.4 is 0 Å². The van der Waals surface area contributed by atoms with Gasteiger partial charge in [-0.05, 0) is 31.6 Å². The van der Waals surface area contributed by atoms with Gasteiger partial charge in [0.1, 0.15) is 19.3 Å². The predicted molar refractivity (Wildman–Crippen MR) is 372 cm³/mol. The van der Waals surface area contributed by atoms with Crippen molar-refractivity contribution in [2.75, 3.05) is 39.6 Å². The van der Waals surface area contributed by atoms with Crippen LogP contribution in [0, 0.1) is 5.92 Å². The average Bonchev–Trinajstić information content (AvgIpc) is 1.87. The van der Waals surface area contributed by atoms with Crippen molar-refractivity contribution < 1.29 is 80.2 Å². The number of hydrogen-bond acceptors (Lipinski definition) is 15. The number of ether oxygens (including phenoxy) is 4. The van der Waals surface area contributed by atoms with Gasteiger partial charge in [-0.25, -0.2) is 9.13 Å². The van der Waals surface area contributed by atoms with Gasteiger partial charge in [0.05, 0.1) is 26.4 Å². The zero-order valence-electron chi connectivity index (χ0n) is 59.7. The zero-order chi connectivity index (χ0) is 67.7. The quantitative estimate of drug-likeness (QED) is 0.0222. The summed E-state index contributed by atoms with van der Waals surface area (Å²) >= 11 is 0. The third-order valence-corrected chi connectivity index (χ3v) is 18.9. The molecule has 19 heteroatoms. The number of rotatable bonds is 73. The topological polar surface area (TPSA) is 237 Å². The highest BCUT2D eigenvalue weighted by Crippen LogP contribution is 2.45. The molecule has 3 N–H and O–H groups in total. The van der Waals surface area contributed by atoms with Crippen LogP contribution in [0.4, 0.5) is 0 Å². The number of phosphoric acid groups is 2. The first-order chi connectivity index (χ1) is 44.5. The van der Waals surface area contributed by atoms with Crippen LogP contribution in [0.5, 0.6) is 0 Å². The van der Waals surface area contributed by atoms with E-state index in [1.54, 1.807) is 0 Å². The Kier molecular flexibility index (Phi) is 64.9. The van der Waals surface area contributed by atoms with Crippen molar-refractivity contribution in [1.82, 2.24) is 0 Å². The van der Waals surface area contributed by atoms with Gasteiger partial charge in [0.15, 0.2) is 12.2 Å². The summed E-state index contributed by atoms with van der Waals surface area (Å²) in [6.45, 7) is 7.22. The van der Waals surface area contributed by atoms with Crippen LogP contribution in [0.3, 0.4) is 0 Å². The van der Waals surface area contributed by atoms with E-state index >= 15 is 0 Å². The van der Waals surface area contributed by atoms with Crippen LogP contribution in [-0.2, 0) is 65.4 Å². The van der Waals surface area contributed by atoms with Crippen molar-refractivity contribution in [3.63, 3.8) is 0 Å². The molecule has 5 atom stereocenters. The van der Waals surface area contributed by atoms with E-state index in [0.717, 1.165) is 95.8 Å². The standard InChI is InChI=1S/C73H142O17P2/c1-6-9-12-15-18-21-23-25-27-28-30-32-34-37-43-48-53-58-72(77)89-68(63-84-71(76)57-52-47-42-36-33-31-29-26-24-22-19-16-13-10-7-2)64-87-91(79,80)85-60-67(74)61-86-92(81,82)88-65-69(62-83-70(75)56-51-46-41-35-20-17-14-11-8-3)90-73(78)59-54-49-44-39-38-40-45-50-55-66(4)5/h66-69,74H,6-65H2,1-5H3,(H,79,80)(H,81,82)/t67-,68-,69-/m1/s1. The number of phosphoric ester groups is 2. The van der Waals surface area contributed by atoms with Crippen LogP contribution in [0.25, 0.3) is 0 Å². The van der Waals surface area contributed by atoms with E-state index < -0.39 is 97.5 Å². The van der Waals surface area contributed by atoms with Crippen LogP contribution >= 0.6 is 15.6 Å². The Hall–Kier alpha value is -1.94. The van der Waals surface area contributed by atoms with Gasteiger partial charge < -0.3 is 33.8 Å². The zero-order valence-corrected chi connectivity index (χ0v) is 61.5. The van der Waals surface area contributed by atoms with Crippen molar-refractivity contribution in [2.24, 2.45) is 5.92 Å². The minimum atomic E-state index is -4.95. The van der Waals surface area contributed by atoms with E-state index in [-0.39, 0.29) is 25.7 Å². The molecule has 2 unspecified atom stereocenters. The Morgan fingerprint density at radius 1 is 0.293 bits per heavy atom. The molecule has 0 amide bonds. The summed E-state index contributed by atoms with van der Waals surface area (Å²) in [5, 5.41) is 10.6. The Balaban J connectivity index is 5.22. The lowest BCUT2D eigenvalue weighted by Gasteiger charge is -2.21. The number of hydrogen-bond donors (Lipinski definition) is 3. The first-order valence-corrected chi connectivity index (χ1v) is 41.1. The van der Waals surface area contributed by atoms with Gasteiger partial charge in [0.25, 0.3) is 0 Å². The van der Waals surface area contributed by atoms with Crippen LogP contribution in [0.1, 0.15) is 381 Å². The Morgan fingerprint density at radius 3 is 0.739 bits per heavy atom. The van der Waals surface area contributed by atoms with Gasteiger partial charge in [-0.15, -0.1) is 0 Å². The molecule has 0 aliphatic heterocycles. The second-order valence-corrected chi connectivity index (χ2v) is 29.7. The Labute approximate surface area is 562 Å². The fourth-order valence-corrected chi connectivity index (χ4v) is 12.8. The summed E-state index contributed by atoms with van der Waals surface area (Å²) in [5.41, 5.74) is 0. The van der Waals surface area contributed by atoms with Gasteiger partial charge in [-0.1, -0.05) is 330 Å². The molecule has 0 spiro atoms. The van der Waals surface area contributed by atoms with Gasteiger partial charge >= 0.3 is 39.5 Å². The van der Waals surface area contributed by atoms with Gasteiger partial charge in [-0.3, -0.25) is 37.3 Å². The second-order valence-electron chi connectivity index (χ2n) is 26.8. The Morgan fingerprint density at radius 2 is 0.500 bits per heavy atom. The maximum atomic E-state index is 13.1. The number of esters is 4. The molecular weight excluding hydrogens is 1210 g/mol. The number of unbranched alkanes of at least 4 members (excludes halogenated alkanes) is 45. The molecule has 0 bridgehead atoms. The summed E-state index contributed by atoms with van der Waals surface area (Å²) < 4.78 is 68.4. The van der Waals surface area contributed by atoms with Crippen LogP contribution in [-0.4, -0.2) is 96.7 Å². The fraction of sp³-hybridized carbons (Fsp3) is 0.945. The summed E-state index contributed by atoms with van der Waals surface area (Å²) in [5.74, 6) is -1.40. The molecular formula is C73H142O17P2. The van der Waals surface area contributed by atoms with Crippen molar-refractivity contribution in [2.45, 2.75) is 400 Å². The number of carbonyl (C=O) groups excluding carboxylic acids is 4.